The summed E-state index contributed by atoms with van der Waals surface area (Å²) < 4.78 is 1.15. The summed E-state index contributed by atoms with van der Waals surface area (Å²) in [6.45, 7) is 6.17. The van der Waals surface area contributed by atoms with Crippen molar-refractivity contribution < 1.29 is 0 Å². The van der Waals surface area contributed by atoms with Crippen molar-refractivity contribution in [2.45, 2.75) is 39.2 Å². The molecule has 1 fully saturated rings. The number of hydrogen-bond acceptors (Lipinski definition) is 8. The van der Waals surface area contributed by atoms with E-state index in [9.17, 15) is 0 Å². The zero-order valence-electron chi connectivity index (χ0n) is 21.1. The number of nitrogens with one attached hydrogen (secondary N) is 1. The Balaban J connectivity index is 1.21. The molecule has 3 aromatic heterocycles. The second kappa shape index (κ2) is 10.2. The van der Waals surface area contributed by atoms with Crippen LogP contribution in [0.4, 0.5) is 11.8 Å². The van der Waals surface area contributed by atoms with Crippen molar-refractivity contribution in [2.75, 3.05) is 23.3 Å². The number of hydrogen-bond donors (Lipinski definition) is 1. The molecule has 2 aromatic carbocycles. The first kappa shape index (κ1) is 23.5. The Kier molecular flexibility index (Phi) is 6.49. The summed E-state index contributed by atoms with van der Waals surface area (Å²) in [5, 5.41) is 3.57. The first-order chi connectivity index (χ1) is 18.1. The second-order valence-electron chi connectivity index (χ2n) is 9.53. The molecule has 0 spiro atoms. The van der Waals surface area contributed by atoms with E-state index in [1.807, 2.05) is 37.0 Å². The lowest BCUT2D eigenvalue weighted by Gasteiger charge is -2.26. The minimum Gasteiger partial charge on any atom is -0.363 e. The number of anilines is 2. The second-order valence-corrected chi connectivity index (χ2v) is 10.4. The van der Waals surface area contributed by atoms with E-state index in [1.54, 1.807) is 11.3 Å². The highest BCUT2D eigenvalue weighted by atomic mass is 32.1. The predicted octanol–water partition coefficient (Wildman–Crippen LogP) is 6.68. The van der Waals surface area contributed by atoms with Crippen molar-refractivity contribution in [1.29, 1.82) is 0 Å². The van der Waals surface area contributed by atoms with Gasteiger partial charge in [0, 0.05) is 48.7 Å². The standard InChI is InChI=1S/C29H29N7S/c1-19(33-28-15-26(34-20(2)35-28)23-9-10-25-27(14-23)37-18-32-25)21-7-6-8-22(13-21)24-16-30-29(31-17-24)36-11-4-3-5-12-36/h6-10,13-19H,3-5,11-12H2,1-2H3,(H,33,34,35). The number of aryl methyl sites for hydroxylation is 1. The first-order valence-corrected chi connectivity index (χ1v) is 13.6. The van der Waals surface area contributed by atoms with Crippen LogP contribution in [0.25, 0.3) is 32.6 Å². The van der Waals surface area contributed by atoms with Gasteiger partial charge in [0.1, 0.15) is 11.6 Å². The summed E-state index contributed by atoms with van der Waals surface area (Å²) >= 11 is 1.64. The molecule has 1 aliphatic rings. The molecular formula is C29H29N7S. The lowest BCUT2D eigenvalue weighted by atomic mass is 10.0. The molecule has 1 atom stereocenters. The summed E-state index contributed by atoms with van der Waals surface area (Å²) in [7, 11) is 0. The van der Waals surface area contributed by atoms with Crippen molar-refractivity contribution in [3.8, 4) is 22.4 Å². The van der Waals surface area contributed by atoms with Gasteiger partial charge in [-0.2, -0.15) is 0 Å². The molecule has 0 radical (unpaired) electrons. The van der Waals surface area contributed by atoms with Crippen LogP contribution in [0.5, 0.6) is 0 Å². The molecular weight excluding hydrogens is 478 g/mol. The molecule has 7 nitrogen and oxygen atoms in total. The minimum absolute atomic E-state index is 0.0552. The van der Waals surface area contributed by atoms with Gasteiger partial charge in [-0.3, -0.25) is 0 Å². The van der Waals surface area contributed by atoms with E-state index in [0.717, 1.165) is 63.3 Å². The van der Waals surface area contributed by atoms with Gasteiger partial charge in [0.15, 0.2) is 0 Å². The SMILES string of the molecule is Cc1nc(NC(C)c2cccc(-c3cnc(N4CCCCC4)nc3)c2)cc(-c2ccc3ncsc3c2)n1. The lowest BCUT2D eigenvalue weighted by Crippen LogP contribution is -2.30. The number of aromatic nitrogens is 5. The third-order valence-corrected chi connectivity index (χ3v) is 7.62. The largest absolute Gasteiger partial charge is 0.363 e. The Labute approximate surface area is 220 Å². The van der Waals surface area contributed by atoms with E-state index in [0.29, 0.717) is 0 Å². The fourth-order valence-electron chi connectivity index (χ4n) is 4.82. The summed E-state index contributed by atoms with van der Waals surface area (Å²) in [5.41, 5.74) is 8.14. The zero-order chi connectivity index (χ0) is 25.2. The molecule has 0 bridgehead atoms. The number of benzene rings is 2. The number of nitrogens with zero attached hydrogens (tertiary/aromatic N) is 6. The van der Waals surface area contributed by atoms with Crippen molar-refractivity contribution in [2.24, 2.45) is 0 Å². The molecule has 186 valence electrons. The van der Waals surface area contributed by atoms with Crippen LogP contribution >= 0.6 is 11.3 Å². The van der Waals surface area contributed by atoms with Gasteiger partial charge in [0.2, 0.25) is 5.95 Å². The van der Waals surface area contributed by atoms with Crippen LogP contribution in [0, 0.1) is 6.92 Å². The zero-order valence-corrected chi connectivity index (χ0v) is 21.9. The fourth-order valence-corrected chi connectivity index (χ4v) is 5.54. The molecule has 37 heavy (non-hydrogen) atoms. The maximum Gasteiger partial charge on any atom is 0.225 e. The molecule has 0 aliphatic carbocycles. The molecule has 4 heterocycles. The highest BCUT2D eigenvalue weighted by Gasteiger charge is 2.14. The quantitative estimate of drug-likeness (QED) is 0.274. The van der Waals surface area contributed by atoms with Crippen molar-refractivity contribution >= 4 is 33.3 Å². The van der Waals surface area contributed by atoms with E-state index >= 15 is 0 Å². The minimum atomic E-state index is 0.0552. The summed E-state index contributed by atoms with van der Waals surface area (Å²) in [6.07, 6.45) is 7.61. The molecule has 1 N–H and O–H groups in total. The highest BCUT2D eigenvalue weighted by Crippen LogP contribution is 2.29. The maximum absolute atomic E-state index is 4.69. The third-order valence-electron chi connectivity index (χ3n) is 6.83. The van der Waals surface area contributed by atoms with Gasteiger partial charge in [0.05, 0.1) is 21.4 Å². The molecule has 5 aromatic rings. The van der Waals surface area contributed by atoms with Gasteiger partial charge in [-0.25, -0.2) is 24.9 Å². The van der Waals surface area contributed by atoms with E-state index in [2.05, 4.69) is 78.5 Å². The summed E-state index contributed by atoms with van der Waals surface area (Å²) in [4.78, 5) is 25.3. The normalized spacial score (nSPS) is 14.6. The van der Waals surface area contributed by atoms with Crippen molar-refractivity contribution in [3.05, 3.63) is 77.8 Å². The number of thiazole rings is 1. The molecule has 1 unspecified atom stereocenters. The van der Waals surface area contributed by atoms with E-state index in [4.69, 9.17) is 0 Å². The highest BCUT2D eigenvalue weighted by molar-refractivity contribution is 7.16. The molecule has 0 amide bonds. The Morgan fingerprint density at radius 3 is 2.54 bits per heavy atom. The first-order valence-electron chi connectivity index (χ1n) is 12.8. The fraction of sp³-hybridized carbons (Fsp3) is 0.276. The molecule has 8 heteroatoms. The van der Waals surface area contributed by atoms with Crippen molar-refractivity contribution in [1.82, 2.24) is 24.9 Å². The van der Waals surface area contributed by atoms with E-state index in [1.165, 1.54) is 24.8 Å². The number of fused-ring (bicyclic) bond motifs is 1. The van der Waals surface area contributed by atoms with Crippen LogP contribution in [0.15, 0.2) is 66.4 Å². The monoisotopic (exact) mass is 507 g/mol. The van der Waals surface area contributed by atoms with Crippen LogP contribution in [0.3, 0.4) is 0 Å². The average Bonchev–Trinajstić information content (AvgIpc) is 3.41. The smallest absolute Gasteiger partial charge is 0.225 e. The van der Waals surface area contributed by atoms with Crippen LogP contribution in [0.2, 0.25) is 0 Å². The van der Waals surface area contributed by atoms with Gasteiger partial charge >= 0.3 is 0 Å². The Hall–Kier alpha value is -3.91. The number of rotatable bonds is 6. The predicted molar refractivity (Wildman–Crippen MR) is 151 cm³/mol. The summed E-state index contributed by atoms with van der Waals surface area (Å²) in [5.74, 6) is 2.37. The summed E-state index contributed by atoms with van der Waals surface area (Å²) in [6, 6.07) is 16.9. The molecule has 0 saturated carbocycles. The lowest BCUT2D eigenvalue weighted by molar-refractivity contribution is 0.568. The molecule has 1 aliphatic heterocycles. The van der Waals surface area contributed by atoms with E-state index < -0.39 is 0 Å². The Morgan fingerprint density at radius 1 is 0.865 bits per heavy atom. The molecule has 6 rings (SSSR count). The van der Waals surface area contributed by atoms with Gasteiger partial charge in [-0.1, -0.05) is 24.3 Å². The van der Waals surface area contributed by atoms with Crippen LogP contribution in [0.1, 0.15) is 43.6 Å². The van der Waals surface area contributed by atoms with Crippen LogP contribution in [-0.2, 0) is 0 Å². The van der Waals surface area contributed by atoms with Crippen LogP contribution in [-0.4, -0.2) is 38.0 Å². The van der Waals surface area contributed by atoms with Crippen LogP contribution < -0.4 is 10.2 Å². The Bertz CT molecular complexity index is 1520. The van der Waals surface area contributed by atoms with Gasteiger partial charge < -0.3 is 10.2 Å². The van der Waals surface area contributed by atoms with Gasteiger partial charge in [-0.05, 0) is 62.4 Å². The average molecular weight is 508 g/mol. The Morgan fingerprint density at radius 2 is 1.70 bits per heavy atom. The third kappa shape index (κ3) is 5.15. The maximum atomic E-state index is 4.69. The van der Waals surface area contributed by atoms with Gasteiger partial charge in [0.25, 0.3) is 0 Å². The number of piperidine rings is 1. The topological polar surface area (TPSA) is 79.7 Å². The molecule has 1 saturated heterocycles. The van der Waals surface area contributed by atoms with E-state index in [-0.39, 0.29) is 6.04 Å². The van der Waals surface area contributed by atoms with Gasteiger partial charge in [-0.15, -0.1) is 11.3 Å². The van der Waals surface area contributed by atoms with Crippen molar-refractivity contribution in [3.63, 3.8) is 0 Å².